The summed E-state index contributed by atoms with van der Waals surface area (Å²) in [5, 5.41) is 0. The fourth-order valence-electron chi connectivity index (χ4n) is 2.29. The molecule has 0 N–H and O–H groups in total. The third-order valence-electron chi connectivity index (χ3n) is 2.84. The van der Waals surface area contributed by atoms with Crippen molar-refractivity contribution in [3.8, 4) is 0 Å². The third-order valence-corrected chi connectivity index (χ3v) is 2.84. The van der Waals surface area contributed by atoms with Gasteiger partial charge in [0.25, 0.3) is 0 Å². The van der Waals surface area contributed by atoms with Crippen LogP contribution in [0.1, 0.15) is 29.0 Å². The van der Waals surface area contributed by atoms with E-state index in [1.54, 1.807) is 5.56 Å². The lowest BCUT2D eigenvalue weighted by atomic mass is 9.89. The van der Waals surface area contributed by atoms with Gasteiger partial charge in [-0.1, -0.05) is 30.4 Å². The molecule has 1 aromatic carbocycles. The van der Waals surface area contributed by atoms with E-state index in [9.17, 15) is 0 Å². The summed E-state index contributed by atoms with van der Waals surface area (Å²) in [6.45, 7) is 0. The van der Waals surface area contributed by atoms with E-state index in [0.717, 1.165) is 0 Å². The Kier molecular flexibility index (Phi) is 1.20. The van der Waals surface area contributed by atoms with Gasteiger partial charge in [-0.05, 0) is 35.4 Å². The molecule has 1 atom stereocenters. The molecule has 0 spiro atoms. The standard InChI is InChI=1S/C12H10/c1-3-9-4-2-6-11-8-7-10(5-1)12(9)11/h1-5,11H,7-8H2. The number of benzene rings is 1. The molecule has 58 valence electrons. The van der Waals surface area contributed by atoms with Gasteiger partial charge < -0.3 is 0 Å². The molecular weight excluding hydrogens is 144 g/mol. The van der Waals surface area contributed by atoms with Gasteiger partial charge >= 0.3 is 0 Å². The molecule has 12 heavy (non-hydrogen) atoms. The van der Waals surface area contributed by atoms with E-state index in [-0.39, 0.29) is 0 Å². The highest BCUT2D eigenvalue weighted by atomic mass is 14.3. The van der Waals surface area contributed by atoms with Gasteiger partial charge in [-0.3, -0.25) is 0 Å². The number of hydrogen-bond acceptors (Lipinski definition) is 0. The van der Waals surface area contributed by atoms with Gasteiger partial charge in [-0.25, -0.2) is 0 Å². The first kappa shape index (κ1) is 6.47. The number of aryl methyl sites for hydroxylation is 1. The predicted octanol–water partition coefficient (Wildman–Crippen LogP) is 2.82. The van der Waals surface area contributed by atoms with Gasteiger partial charge in [0.1, 0.15) is 0 Å². The van der Waals surface area contributed by atoms with Crippen LogP contribution in [-0.2, 0) is 6.42 Å². The minimum Gasteiger partial charge on any atom is -0.0752 e. The molecule has 0 bridgehead atoms. The van der Waals surface area contributed by atoms with Gasteiger partial charge in [0.15, 0.2) is 0 Å². The molecule has 1 aromatic rings. The van der Waals surface area contributed by atoms with Crippen LogP contribution in [0.3, 0.4) is 0 Å². The van der Waals surface area contributed by atoms with Crippen molar-refractivity contribution in [1.82, 2.24) is 0 Å². The topological polar surface area (TPSA) is 0 Å². The summed E-state index contributed by atoms with van der Waals surface area (Å²) in [7, 11) is 0. The molecule has 0 amide bonds. The van der Waals surface area contributed by atoms with Crippen LogP contribution in [0, 0.1) is 6.42 Å². The van der Waals surface area contributed by atoms with Crippen LogP contribution in [0.5, 0.6) is 0 Å². The van der Waals surface area contributed by atoms with Crippen LogP contribution in [-0.4, -0.2) is 0 Å². The highest BCUT2D eigenvalue weighted by molar-refractivity contribution is 5.63. The summed E-state index contributed by atoms with van der Waals surface area (Å²) in [6, 6.07) is 6.61. The maximum absolute atomic E-state index is 3.40. The molecule has 0 fully saturated rings. The quantitative estimate of drug-likeness (QED) is 0.539. The van der Waals surface area contributed by atoms with Crippen molar-refractivity contribution in [3.63, 3.8) is 0 Å². The molecule has 2 aliphatic rings. The van der Waals surface area contributed by atoms with E-state index in [1.807, 2.05) is 0 Å². The van der Waals surface area contributed by atoms with Crippen molar-refractivity contribution in [2.45, 2.75) is 18.8 Å². The average Bonchev–Trinajstić information content (AvgIpc) is 2.52. The van der Waals surface area contributed by atoms with Crippen LogP contribution in [0.25, 0.3) is 6.08 Å². The first-order chi connectivity index (χ1) is 5.95. The van der Waals surface area contributed by atoms with Gasteiger partial charge in [0.05, 0.1) is 0 Å². The molecule has 2 radical (unpaired) electrons. The van der Waals surface area contributed by atoms with Crippen LogP contribution in [0.2, 0.25) is 0 Å². The van der Waals surface area contributed by atoms with Crippen molar-refractivity contribution in [2.24, 2.45) is 0 Å². The smallest absolute Gasteiger partial charge is 0.0166 e. The molecule has 3 rings (SSSR count). The SMILES string of the molecule is [C]1C=Cc2cccc3c2C1CC3. The monoisotopic (exact) mass is 154 g/mol. The summed E-state index contributed by atoms with van der Waals surface area (Å²) in [5.41, 5.74) is 4.49. The second-order valence-electron chi connectivity index (χ2n) is 3.51. The van der Waals surface area contributed by atoms with E-state index < -0.39 is 0 Å². The minimum absolute atomic E-state index is 0.598. The molecule has 0 nitrogen and oxygen atoms in total. The van der Waals surface area contributed by atoms with Gasteiger partial charge in [-0.2, -0.15) is 0 Å². The van der Waals surface area contributed by atoms with E-state index >= 15 is 0 Å². The van der Waals surface area contributed by atoms with Crippen molar-refractivity contribution in [1.29, 1.82) is 0 Å². The zero-order chi connectivity index (χ0) is 7.97. The summed E-state index contributed by atoms with van der Waals surface area (Å²) in [6.07, 6.45) is 10.1. The zero-order valence-corrected chi connectivity index (χ0v) is 6.88. The van der Waals surface area contributed by atoms with E-state index in [4.69, 9.17) is 0 Å². The second-order valence-corrected chi connectivity index (χ2v) is 3.51. The Labute approximate surface area is 72.9 Å². The highest BCUT2D eigenvalue weighted by Crippen LogP contribution is 2.40. The van der Waals surface area contributed by atoms with E-state index in [1.165, 1.54) is 24.0 Å². The molecule has 1 unspecified atom stereocenters. The predicted molar refractivity (Wildman–Crippen MR) is 49.8 cm³/mol. The number of hydrogen-bond donors (Lipinski definition) is 0. The lowest BCUT2D eigenvalue weighted by Crippen LogP contribution is -1.99. The summed E-state index contributed by atoms with van der Waals surface area (Å²) in [5.74, 6) is 0.598. The van der Waals surface area contributed by atoms with Crippen molar-refractivity contribution < 1.29 is 0 Å². The Bertz CT molecular complexity index is 347. The Morgan fingerprint density at radius 2 is 2.33 bits per heavy atom. The van der Waals surface area contributed by atoms with Crippen molar-refractivity contribution in [2.75, 3.05) is 0 Å². The van der Waals surface area contributed by atoms with Crippen LogP contribution >= 0.6 is 0 Å². The minimum atomic E-state index is 0.598. The van der Waals surface area contributed by atoms with Gasteiger partial charge in [-0.15, -0.1) is 0 Å². The molecule has 0 saturated carbocycles. The number of allylic oxidation sites excluding steroid dienone is 1. The fraction of sp³-hybridized carbons (Fsp3) is 0.250. The fourth-order valence-corrected chi connectivity index (χ4v) is 2.29. The third kappa shape index (κ3) is 0.726. The first-order valence-electron chi connectivity index (χ1n) is 4.49. The maximum Gasteiger partial charge on any atom is 0.0166 e. The Morgan fingerprint density at radius 1 is 1.33 bits per heavy atom. The molecule has 2 aliphatic carbocycles. The average molecular weight is 154 g/mol. The summed E-state index contributed by atoms with van der Waals surface area (Å²) < 4.78 is 0. The second kappa shape index (κ2) is 2.22. The highest BCUT2D eigenvalue weighted by Gasteiger charge is 2.25. The zero-order valence-electron chi connectivity index (χ0n) is 6.88. The maximum atomic E-state index is 3.40. The lowest BCUT2D eigenvalue weighted by molar-refractivity contribution is 0.778. The summed E-state index contributed by atoms with van der Waals surface area (Å²) in [4.78, 5) is 0. The molecule has 0 aromatic heterocycles. The van der Waals surface area contributed by atoms with Crippen LogP contribution < -0.4 is 0 Å². The Balaban J connectivity index is 2.30. The Morgan fingerprint density at radius 3 is 3.33 bits per heavy atom. The molecule has 0 heterocycles. The van der Waals surface area contributed by atoms with E-state index in [2.05, 4.69) is 36.8 Å². The van der Waals surface area contributed by atoms with E-state index in [0.29, 0.717) is 5.92 Å². The Hall–Kier alpha value is -1.04. The normalized spacial score (nSPS) is 24.2. The largest absolute Gasteiger partial charge is 0.0752 e. The van der Waals surface area contributed by atoms with Gasteiger partial charge in [0.2, 0.25) is 0 Å². The summed E-state index contributed by atoms with van der Waals surface area (Å²) >= 11 is 0. The number of rotatable bonds is 0. The molecule has 0 saturated heterocycles. The van der Waals surface area contributed by atoms with Crippen molar-refractivity contribution in [3.05, 3.63) is 47.4 Å². The molecular formula is C12H10. The van der Waals surface area contributed by atoms with Gasteiger partial charge in [0, 0.05) is 6.42 Å². The molecule has 0 heteroatoms. The first-order valence-corrected chi connectivity index (χ1v) is 4.49. The lowest BCUT2D eigenvalue weighted by Gasteiger charge is -2.15. The molecule has 0 aliphatic heterocycles. The van der Waals surface area contributed by atoms with Crippen molar-refractivity contribution >= 4 is 6.08 Å². The van der Waals surface area contributed by atoms with Crippen LogP contribution in [0.4, 0.5) is 0 Å². The van der Waals surface area contributed by atoms with Crippen LogP contribution in [0.15, 0.2) is 24.3 Å².